The molecule has 0 radical (unpaired) electrons. The van der Waals surface area contributed by atoms with Gasteiger partial charge in [0.15, 0.2) is 0 Å². The molecule has 1 aliphatic heterocycles. The topological polar surface area (TPSA) is 97.3 Å². The Labute approximate surface area is 167 Å². The van der Waals surface area contributed by atoms with Gasteiger partial charge in [-0.1, -0.05) is 18.2 Å². The number of carbonyl (C=O) groups excluding carboxylic acids is 2. The molecular formula is C19H20ClN5O3. The zero-order chi connectivity index (χ0) is 20.3. The molecule has 0 saturated carbocycles. The van der Waals surface area contributed by atoms with Crippen LogP contribution in [0.5, 0.6) is 0 Å². The molecular weight excluding hydrogens is 382 g/mol. The molecule has 3 heterocycles. The number of amides is 2. The van der Waals surface area contributed by atoms with Crippen LogP contribution in [0.3, 0.4) is 0 Å². The summed E-state index contributed by atoms with van der Waals surface area (Å²) < 4.78 is 5.91. The van der Waals surface area contributed by atoms with Crippen LogP contribution < -0.4 is 5.32 Å². The maximum Gasteiger partial charge on any atom is 0.269 e. The average Bonchev–Trinajstić information content (AvgIpc) is 2.72. The van der Waals surface area contributed by atoms with Crippen LogP contribution >= 0.6 is 11.6 Å². The van der Waals surface area contributed by atoms with Crippen LogP contribution in [-0.4, -0.2) is 57.9 Å². The van der Waals surface area contributed by atoms with Gasteiger partial charge in [-0.15, -0.1) is 0 Å². The van der Waals surface area contributed by atoms with E-state index in [0.717, 1.165) is 5.56 Å². The van der Waals surface area contributed by atoms with Crippen molar-refractivity contribution in [2.75, 3.05) is 20.2 Å². The van der Waals surface area contributed by atoms with E-state index in [1.165, 1.54) is 19.5 Å². The Morgan fingerprint density at radius 1 is 1.32 bits per heavy atom. The van der Waals surface area contributed by atoms with Crippen molar-refractivity contribution in [3.8, 4) is 11.4 Å². The van der Waals surface area contributed by atoms with E-state index in [2.05, 4.69) is 26.8 Å². The highest BCUT2D eigenvalue weighted by Crippen LogP contribution is 2.32. The lowest BCUT2D eigenvalue weighted by atomic mass is 10.00. The van der Waals surface area contributed by atoms with Crippen LogP contribution in [0.1, 0.15) is 29.1 Å². The molecule has 1 aliphatic rings. The number of morpholine rings is 1. The highest BCUT2D eigenvalue weighted by atomic mass is 35.5. The third kappa shape index (κ3) is 4.02. The lowest BCUT2D eigenvalue weighted by Gasteiger charge is -2.39. The second-order valence-corrected chi connectivity index (χ2v) is 6.63. The maximum absolute atomic E-state index is 12.1. The minimum Gasteiger partial charge on any atom is -0.370 e. The minimum atomic E-state index is -0.378. The van der Waals surface area contributed by atoms with E-state index in [4.69, 9.17) is 16.3 Å². The minimum absolute atomic E-state index is 0.146. The molecule has 1 saturated heterocycles. The predicted octanol–water partition coefficient (Wildman–Crippen LogP) is 2.03. The fourth-order valence-electron chi connectivity index (χ4n) is 3.15. The van der Waals surface area contributed by atoms with E-state index >= 15 is 0 Å². The van der Waals surface area contributed by atoms with E-state index in [9.17, 15) is 9.59 Å². The molecule has 2 aromatic rings. The van der Waals surface area contributed by atoms with Crippen molar-refractivity contribution in [1.29, 1.82) is 0 Å². The predicted molar refractivity (Wildman–Crippen MR) is 104 cm³/mol. The Hall–Kier alpha value is -2.84. The Kier molecular flexibility index (Phi) is 6.01. The molecule has 1 fully saturated rings. The number of aromatic nitrogens is 3. The Morgan fingerprint density at radius 3 is 2.82 bits per heavy atom. The lowest BCUT2D eigenvalue weighted by molar-refractivity contribution is -0.140. The molecule has 8 nitrogen and oxygen atoms in total. The molecule has 28 heavy (non-hydrogen) atoms. The first kappa shape index (κ1) is 19.9. The van der Waals surface area contributed by atoms with Gasteiger partial charge in [-0.3, -0.25) is 9.59 Å². The van der Waals surface area contributed by atoms with E-state index in [-0.39, 0.29) is 34.8 Å². The van der Waals surface area contributed by atoms with E-state index in [1.54, 1.807) is 23.1 Å². The van der Waals surface area contributed by atoms with Gasteiger partial charge in [0.25, 0.3) is 5.91 Å². The van der Waals surface area contributed by atoms with Gasteiger partial charge in [-0.2, -0.15) is 0 Å². The largest absolute Gasteiger partial charge is 0.370 e. The summed E-state index contributed by atoms with van der Waals surface area (Å²) in [5, 5.41) is 2.78. The van der Waals surface area contributed by atoms with Gasteiger partial charge in [0.2, 0.25) is 5.91 Å². The molecule has 0 aliphatic carbocycles. The molecule has 0 aromatic carbocycles. The number of nitrogens with zero attached hydrogens (tertiary/aromatic N) is 4. The van der Waals surface area contributed by atoms with E-state index in [0.29, 0.717) is 24.5 Å². The highest BCUT2D eigenvalue weighted by Gasteiger charge is 2.32. The Bertz CT molecular complexity index is 920. The molecule has 0 bridgehead atoms. The smallest absolute Gasteiger partial charge is 0.269 e. The van der Waals surface area contributed by atoms with Crippen molar-refractivity contribution in [3.05, 3.63) is 53.6 Å². The summed E-state index contributed by atoms with van der Waals surface area (Å²) in [5.74, 6) is -0.471. The number of nitrogens with one attached hydrogen (secondary N) is 1. The molecule has 9 heteroatoms. The molecule has 0 spiro atoms. The number of rotatable bonds is 4. The van der Waals surface area contributed by atoms with Crippen molar-refractivity contribution in [2.24, 2.45) is 0 Å². The Balaban J connectivity index is 1.97. The van der Waals surface area contributed by atoms with Gasteiger partial charge in [0, 0.05) is 13.6 Å². The first-order valence-corrected chi connectivity index (χ1v) is 9.09. The van der Waals surface area contributed by atoms with Crippen LogP contribution in [0.15, 0.2) is 37.2 Å². The first-order chi connectivity index (χ1) is 13.4. The highest BCUT2D eigenvalue weighted by molar-refractivity contribution is 6.29. The van der Waals surface area contributed by atoms with Crippen LogP contribution in [0, 0.1) is 0 Å². The fourth-order valence-corrected chi connectivity index (χ4v) is 3.37. The van der Waals surface area contributed by atoms with Gasteiger partial charge in [0.05, 0.1) is 24.0 Å². The van der Waals surface area contributed by atoms with Gasteiger partial charge in [-0.05, 0) is 36.8 Å². The second-order valence-electron chi connectivity index (χ2n) is 6.24. The third-order valence-electron chi connectivity index (χ3n) is 4.55. The van der Waals surface area contributed by atoms with E-state index in [1.807, 2.05) is 6.92 Å². The molecule has 2 atom stereocenters. The zero-order valence-corrected chi connectivity index (χ0v) is 16.3. The standard InChI is InChI=1S/C19H20ClN5O3/c1-4-17(26)25-5-6-28-18(11(25)2)12-7-14(24-16(20)8-12)13-9-15(19(27)21-3)23-10-22-13/h4,7-11,18H,1,5-6H2,2-3H3,(H,21,27)/t11-,18-/m0/s1. The number of carbonyl (C=O) groups is 2. The normalized spacial score (nSPS) is 19.2. The summed E-state index contributed by atoms with van der Waals surface area (Å²) in [6.45, 7) is 6.36. The van der Waals surface area contributed by atoms with Crippen molar-refractivity contribution in [3.63, 3.8) is 0 Å². The van der Waals surface area contributed by atoms with Gasteiger partial charge in [-0.25, -0.2) is 15.0 Å². The van der Waals surface area contributed by atoms with Crippen LogP contribution in [-0.2, 0) is 9.53 Å². The van der Waals surface area contributed by atoms with Gasteiger partial charge in [0.1, 0.15) is 23.3 Å². The summed E-state index contributed by atoms with van der Waals surface area (Å²) in [6.07, 6.45) is 2.22. The average molecular weight is 402 g/mol. The second kappa shape index (κ2) is 8.45. The third-order valence-corrected chi connectivity index (χ3v) is 4.74. The summed E-state index contributed by atoms with van der Waals surface area (Å²) in [7, 11) is 1.53. The summed E-state index contributed by atoms with van der Waals surface area (Å²) in [4.78, 5) is 38.1. The molecule has 2 aromatic heterocycles. The van der Waals surface area contributed by atoms with Crippen LogP contribution in [0.25, 0.3) is 11.4 Å². The number of hydrogen-bond acceptors (Lipinski definition) is 6. The summed E-state index contributed by atoms with van der Waals surface area (Å²) >= 11 is 6.24. The van der Waals surface area contributed by atoms with Crippen LogP contribution in [0.4, 0.5) is 0 Å². The van der Waals surface area contributed by atoms with Gasteiger partial charge < -0.3 is 15.0 Å². The number of ether oxygens (including phenoxy) is 1. The Morgan fingerprint density at radius 2 is 2.11 bits per heavy atom. The number of halogens is 1. The zero-order valence-electron chi connectivity index (χ0n) is 15.6. The molecule has 0 unspecified atom stereocenters. The van der Waals surface area contributed by atoms with Crippen molar-refractivity contribution in [2.45, 2.75) is 19.1 Å². The lowest BCUT2D eigenvalue weighted by Crippen LogP contribution is -2.48. The fraction of sp³-hybridized carbons (Fsp3) is 0.316. The van der Waals surface area contributed by atoms with Crippen LogP contribution in [0.2, 0.25) is 5.15 Å². The molecule has 1 N–H and O–H groups in total. The van der Waals surface area contributed by atoms with Gasteiger partial charge >= 0.3 is 0 Å². The van der Waals surface area contributed by atoms with Crippen molar-refractivity contribution in [1.82, 2.24) is 25.2 Å². The molecule has 2 amide bonds. The monoisotopic (exact) mass is 401 g/mol. The number of hydrogen-bond donors (Lipinski definition) is 1. The first-order valence-electron chi connectivity index (χ1n) is 8.71. The quantitative estimate of drug-likeness (QED) is 0.621. The molecule has 3 rings (SSSR count). The van der Waals surface area contributed by atoms with Crippen molar-refractivity contribution >= 4 is 23.4 Å². The molecule has 146 valence electrons. The number of pyridine rings is 1. The summed E-state index contributed by atoms with van der Waals surface area (Å²) in [5.41, 5.74) is 1.93. The maximum atomic E-state index is 12.1. The van der Waals surface area contributed by atoms with E-state index < -0.39 is 0 Å². The summed E-state index contributed by atoms with van der Waals surface area (Å²) in [6, 6.07) is 4.83. The van der Waals surface area contributed by atoms with Crippen molar-refractivity contribution < 1.29 is 14.3 Å². The SMILES string of the molecule is C=CC(=O)N1CCO[C@H](c2cc(Cl)nc(-c3cc(C(=O)NC)ncn3)c2)[C@@H]1C.